The van der Waals surface area contributed by atoms with Crippen LogP contribution in [0.4, 0.5) is 0 Å². The van der Waals surface area contributed by atoms with Gasteiger partial charge in [0.2, 0.25) is 5.70 Å². The Labute approximate surface area is 78.1 Å². The molecule has 13 heavy (non-hydrogen) atoms. The second-order valence-electron chi connectivity index (χ2n) is 3.66. The second kappa shape index (κ2) is 2.56. The smallest absolute Gasteiger partial charge is 0.192 e. The molecule has 0 spiro atoms. The molecule has 3 rings (SSSR count). The highest BCUT2D eigenvalue weighted by atomic mass is 15.1. The summed E-state index contributed by atoms with van der Waals surface area (Å²) in [5.41, 5.74) is 2.89. The van der Waals surface area contributed by atoms with Crippen LogP contribution < -0.4 is 0 Å². The molecule has 1 atom stereocenters. The molecule has 3 aliphatic rings. The quantitative estimate of drug-likeness (QED) is 0.490. The lowest BCUT2D eigenvalue weighted by Gasteiger charge is -2.08. The van der Waals surface area contributed by atoms with Gasteiger partial charge in [-0.2, -0.15) is 4.58 Å². The van der Waals surface area contributed by atoms with Crippen LogP contribution in [0.15, 0.2) is 47.7 Å². The predicted molar refractivity (Wildman–Crippen MR) is 53.8 cm³/mol. The van der Waals surface area contributed by atoms with Gasteiger partial charge < -0.3 is 0 Å². The maximum Gasteiger partial charge on any atom is 0.209 e. The molecule has 2 heterocycles. The molecule has 0 aromatic carbocycles. The third-order valence-corrected chi connectivity index (χ3v) is 2.85. The van der Waals surface area contributed by atoms with Crippen molar-refractivity contribution in [2.45, 2.75) is 18.9 Å². The van der Waals surface area contributed by atoms with E-state index in [-0.39, 0.29) is 0 Å². The molecule has 0 saturated carbocycles. The van der Waals surface area contributed by atoms with E-state index < -0.39 is 0 Å². The molecule has 1 heteroatoms. The average Bonchev–Trinajstić information content (AvgIpc) is 2.56. The monoisotopic (exact) mass is 170 g/mol. The lowest BCUT2D eigenvalue weighted by atomic mass is 10.1. The molecule has 0 aromatic heterocycles. The zero-order chi connectivity index (χ0) is 8.67. The van der Waals surface area contributed by atoms with E-state index in [1.165, 1.54) is 11.3 Å². The molecular formula is C12H12N+. The second-order valence-corrected chi connectivity index (χ2v) is 3.66. The third kappa shape index (κ3) is 0.966. The first-order valence-electron chi connectivity index (χ1n) is 4.81. The van der Waals surface area contributed by atoms with E-state index in [0.29, 0.717) is 6.04 Å². The highest BCUT2D eigenvalue weighted by Gasteiger charge is 2.33. The minimum atomic E-state index is 0.589. The Balaban J connectivity index is 2.12. The molecule has 1 unspecified atom stereocenters. The van der Waals surface area contributed by atoms with Gasteiger partial charge in [0, 0.05) is 18.1 Å². The fourth-order valence-electron chi connectivity index (χ4n) is 2.21. The van der Waals surface area contributed by atoms with Gasteiger partial charge in [0.1, 0.15) is 0 Å². The van der Waals surface area contributed by atoms with Gasteiger partial charge in [-0.3, -0.25) is 0 Å². The van der Waals surface area contributed by atoms with Crippen LogP contribution in [-0.4, -0.2) is 16.8 Å². The minimum Gasteiger partial charge on any atom is -0.192 e. The molecule has 64 valence electrons. The van der Waals surface area contributed by atoms with Gasteiger partial charge in [-0.05, 0) is 18.6 Å². The number of rotatable bonds is 0. The van der Waals surface area contributed by atoms with Crippen molar-refractivity contribution in [3.8, 4) is 0 Å². The Hall–Kier alpha value is -1.37. The van der Waals surface area contributed by atoms with Crippen molar-refractivity contribution in [2.24, 2.45) is 0 Å². The lowest BCUT2D eigenvalue weighted by molar-refractivity contribution is -0.490. The van der Waals surface area contributed by atoms with Gasteiger partial charge >= 0.3 is 0 Å². The minimum absolute atomic E-state index is 0.589. The van der Waals surface area contributed by atoms with Crippen molar-refractivity contribution < 1.29 is 4.58 Å². The average molecular weight is 170 g/mol. The zero-order valence-electron chi connectivity index (χ0n) is 7.48. The number of fused-ring (bicyclic) bond motifs is 3. The first-order valence-corrected chi connectivity index (χ1v) is 4.81. The van der Waals surface area contributed by atoms with Crippen LogP contribution >= 0.6 is 0 Å². The summed E-state index contributed by atoms with van der Waals surface area (Å²) in [6, 6.07) is 0.589. The zero-order valence-corrected chi connectivity index (χ0v) is 7.48. The summed E-state index contributed by atoms with van der Waals surface area (Å²) in [6.07, 6.45) is 17.8. The number of nitrogens with zero attached hydrogens (tertiary/aromatic N) is 1. The molecule has 1 nitrogen and oxygen atoms in total. The molecule has 0 amide bonds. The Morgan fingerprint density at radius 1 is 1.23 bits per heavy atom. The van der Waals surface area contributed by atoms with Crippen molar-refractivity contribution >= 4 is 6.21 Å². The maximum atomic E-state index is 2.40. The maximum absolute atomic E-state index is 2.40. The number of allylic oxidation sites excluding steroid dienone is 5. The molecule has 0 N–H and O–H groups in total. The lowest BCUT2D eigenvalue weighted by Crippen LogP contribution is -2.21. The Morgan fingerprint density at radius 2 is 2.23 bits per heavy atom. The van der Waals surface area contributed by atoms with Gasteiger partial charge in [-0.15, -0.1) is 0 Å². The number of hydrogen-bond acceptors (Lipinski definition) is 0. The Bertz CT molecular complexity index is 391. The van der Waals surface area contributed by atoms with Crippen LogP contribution in [0.1, 0.15) is 12.8 Å². The van der Waals surface area contributed by atoms with Crippen LogP contribution in [0.25, 0.3) is 0 Å². The Morgan fingerprint density at radius 3 is 3.23 bits per heavy atom. The first kappa shape index (κ1) is 7.07. The van der Waals surface area contributed by atoms with Crippen molar-refractivity contribution in [1.29, 1.82) is 0 Å². The molecule has 1 aliphatic carbocycles. The largest absolute Gasteiger partial charge is 0.209 e. The van der Waals surface area contributed by atoms with Gasteiger partial charge in [-0.1, -0.05) is 18.2 Å². The Kier molecular flexibility index (Phi) is 1.39. The van der Waals surface area contributed by atoms with E-state index in [1.807, 2.05) is 0 Å². The molecule has 0 aromatic rings. The van der Waals surface area contributed by atoms with Crippen LogP contribution in [0, 0.1) is 0 Å². The highest BCUT2D eigenvalue weighted by molar-refractivity contribution is 5.68. The highest BCUT2D eigenvalue weighted by Crippen LogP contribution is 2.30. The SMILES string of the molecule is C1=CCC2=CC3CC=CC=[N+]3C2=C1. The van der Waals surface area contributed by atoms with Crippen LogP contribution in [0.2, 0.25) is 0 Å². The summed E-state index contributed by atoms with van der Waals surface area (Å²) < 4.78 is 2.37. The van der Waals surface area contributed by atoms with E-state index in [9.17, 15) is 0 Å². The van der Waals surface area contributed by atoms with Crippen molar-refractivity contribution in [3.63, 3.8) is 0 Å². The van der Waals surface area contributed by atoms with Crippen molar-refractivity contribution in [3.05, 3.63) is 47.7 Å². The summed E-state index contributed by atoms with van der Waals surface area (Å²) in [5, 5.41) is 0. The van der Waals surface area contributed by atoms with Gasteiger partial charge in [0.25, 0.3) is 0 Å². The van der Waals surface area contributed by atoms with Gasteiger partial charge in [-0.25, -0.2) is 0 Å². The molecule has 0 radical (unpaired) electrons. The standard InChI is InChI=1S/C12H12N/c1-2-7-12-10(5-1)9-11-6-3-4-8-13(11)12/h1-4,7-9,11H,5-6H2/q+1. The number of hydrogen-bond donors (Lipinski definition) is 0. The fourth-order valence-corrected chi connectivity index (χ4v) is 2.21. The van der Waals surface area contributed by atoms with Crippen LogP contribution in [0.3, 0.4) is 0 Å². The van der Waals surface area contributed by atoms with E-state index in [0.717, 1.165) is 12.8 Å². The van der Waals surface area contributed by atoms with E-state index in [1.54, 1.807) is 0 Å². The molecule has 0 bridgehead atoms. The normalized spacial score (nSPS) is 28.9. The predicted octanol–water partition coefficient (Wildman–Crippen LogP) is 2.18. The van der Waals surface area contributed by atoms with Gasteiger partial charge in [0.15, 0.2) is 12.3 Å². The summed E-state index contributed by atoms with van der Waals surface area (Å²) in [7, 11) is 0. The van der Waals surface area contributed by atoms with E-state index >= 15 is 0 Å². The molecular weight excluding hydrogens is 158 g/mol. The topological polar surface area (TPSA) is 3.01 Å². The summed E-state index contributed by atoms with van der Waals surface area (Å²) in [4.78, 5) is 0. The van der Waals surface area contributed by atoms with Crippen LogP contribution in [-0.2, 0) is 0 Å². The van der Waals surface area contributed by atoms with Crippen LogP contribution in [0.5, 0.6) is 0 Å². The molecule has 2 aliphatic heterocycles. The van der Waals surface area contributed by atoms with E-state index in [4.69, 9.17) is 0 Å². The third-order valence-electron chi connectivity index (χ3n) is 2.85. The fraction of sp³-hybridized carbons (Fsp3) is 0.250. The van der Waals surface area contributed by atoms with E-state index in [2.05, 4.69) is 47.2 Å². The first-order chi connectivity index (χ1) is 6.45. The van der Waals surface area contributed by atoms with Gasteiger partial charge in [0.05, 0.1) is 0 Å². The molecule has 0 fully saturated rings. The summed E-state index contributed by atoms with van der Waals surface area (Å²) in [5.74, 6) is 0. The van der Waals surface area contributed by atoms with Crippen molar-refractivity contribution in [1.82, 2.24) is 0 Å². The summed E-state index contributed by atoms with van der Waals surface area (Å²) >= 11 is 0. The van der Waals surface area contributed by atoms with Crippen molar-refractivity contribution in [2.75, 3.05) is 0 Å². The summed E-state index contributed by atoms with van der Waals surface area (Å²) in [6.45, 7) is 0. The molecule has 0 saturated heterocycles.